The van der Waals surface area contributed by atoms with Gasteiger partial charge in [-0.05, 0) is 24.8 Å². The third kappa shape index (κ3) is 3.82. The van der Waals surface area contributed by atoms with E-state index >= 15 is 0 Å². The number of likely N-dealkylation sites (tertiary alicyclic amines) is 1. The van der Waals surface area contributed by atoms with Crippen LogP contribution in [-0.4, -0.2) is 64.4 Å². The summed E-state index contributed by atoms with van der Waals surface area (Å²) in [6.45, 7) is -0.104. The Balaban J connectivity index is 1.55. The second-order valence-electron chi connectivity index (χ2n) is 7.03. The molecular formula is C18H23FN2O4. The number of β-amino-alcohol motifs (C(OH)–C–C–N with tert-alkyl or cyclic N) is 1. The first kappa shape index (κ1) is 17.8. The molecule has 0 spiro atoms. The molecule has 2 amide bonds. The standard InChI is InChI=1S/C18H23FN2O4/c19-18(6-7-18)16(24)21-9-8-17(25,12-21)11-20-15(23)14(10-22)13-4-2-1-3-5-13/h1-5,14,22,25H,6-12H2,(H,20,23). The quantitative estimate of drug-likeness (QED) is 0.690. The van der Waals surface area contributed by atoms with Gasteiger partial charge in [-0.25, -0.2) is 4.39 Å². The molecular weight excluding hydrogens is 327 g/mol. The van der Waals surface area contributed by atoms with Gasteiger partial charge in [0.05, 0.1) is 19.1 Å². The van der Waals surface area contributed by atoms with Gasteiger partial charge >= 0.3 is 0 Å². The molecule has 1 aromatic carbocycles. The fourth-order valence-corrected chi connectivity index (χ4v) is 3.18. The molecule has 1 aromatic rings. The highest BCUT2D eigenvalue weighted by molar-refractivity contribution is 5.88. The van der Waals surface area contributed by atoms with Gasteiger partial charge in [0.15, 0.2) is 5.67 Å². The number of carbonyl (C=O) groups excluding carboxylic acids is 2. The minimum Gasteiger partial charge on any atom is -0.395 e. The summed E-state index contributed by atoms with van der Waals surface area (Å²) in [6.07, 6.45) is 0.768. The molecule has 0 aromatic heterocycles. The number of amides is 2. The number of nitrogens with one attached hydrogen (secondary N) is 1. The summed E-state index contributed by atoms with van der Waals surface area (Å²) in [6, 6.07) is 8.89. The predicted molar refractivity (Wildman–Crippen MR) is 88.5 cm³/mol. The van der Waals surface area contributed by atoms with Crippen molar-refractivity contribution in [2.75, 3.05) is 26.2 Å². The van der Waals surface area contributed by atoms with Crippen LogP contribution in [0, 0.1) is 0 Å². The van der Waals surface area contributed by atoms with Crippen molar-refractivity contribution >= 4 is 11.8 Å². The smallest absolute Gasteiger partial charge is 0.260 e. The van der Waals surface area contributed by atoms with Crippen molar-refractivity contribution in [1.29, 1.82) is 0 Å². The molecule has 3 rings (SSSR count). The van der Waals surface area contributed by atoms with Crippen LogP contribution in [0.2, 0.25) is 0 Å². The molecule has 0 radical (unpaired) electrons. The van der Waals surface area contributed by atoms with Crippen molar-refractivity contribution in [1.82, 2.24) is 10.2 Å². The van der Waals surface area contributed by atoms with E-state index in [2.05, 4.69) is 5.32 Å². The number of halogens is 1. The third-order valence-electron chi connectivity index (χ3n) is 4.98. The van der Waals surface area contributed by atoms with E-state index in [0.717, 1.165) is 0 Å². The van der Waals surface area contributed by atoms with Crippen molar-refractivity contribution in [3.63, 3.8) is 0 Å². The third-order valence-corrected chi connectivity index (χ3v) is 4.98. The van der Waals surface area contributed by atoms with Crippen molar-refractivity contribution in [3.05, 3.63) is 35.9 Å². The molecule has 136 valence electrons. The summed E-state index contributed by atoms with van der Waals surface area (Å²) in [5.74, 6) is -1.67. The molecule has 1 aliphatic heterocycles. The number of alkyl halides is 1. The molecule has 25 heavy (non-hydrogen) atoms. The molecule has 1 aliphatic carbocycles. The lowest BCUT2D eigenvalue weighted by atomic mass is 9.98. The molecule has 2 aliphatic rings. The number of carbonyl (C=O) groups is 2. The number of rotatable bonds is 6. The van der Waals surface area contributed by atoms with Gasteiger partial charge in [0, 0.05) is 13.1 Å². The Morgan fingerprint density at radius 2 is 1.92 bits per heavy atom. The number of nitrogens with zero attached hydrogens (tertiary/aromatic N) is 1. The fraction of sp³-hybridized carbons (Fsp3) is 0.556. The van der Waals surface area contributed by atoms with E-state index in [0.29, 0.717) is 5.56 Å². The Morgan fingerprint density at radius 1 is 1.24 bits per heavy atom. The maximum atomic E-state index is 13.9. The van der Waals surface area contributed by atoms with Crippen LogP contribution in [0.1, 0.15) is 30.7 Å². The van der Waals surface area contributed by atoms with Gasteiger partial charge < -0.3 is 20.4 Å². The van der Waals surface area contributed by atoms with E-state index in [9.17, 15) is 24.2 Å². The van der Waals surface area contributed by atoms with Crippen molar-refractivity contribution in [2.45, 2.75) is 36.5 Å². The highest BCUT2D eigenvalue weighted by Crippen LogP contribution is 2.42. The van der Waals surface area contributed by atoms with Gasteiger partial charge in [0.25, 0.3) is 5.91 Å². The van der Waals surface area contributed by atoms with Gasteiger partial charge in [-0.15, -0.1) is 0 Å². The minimum absolute atomic E-state index is 0.00686. The number of benzene rings is 1. The van der Waals surface area contributed by atoms with E-state index in [1.807, 2.05) is 6.07 Å². The van der Waals surface area contributed by atoms with Crippen molar-refractivity contribution in [2.24, 2.45) is 0 Å². The normalized spacial score (nSPS) is 25.5. The van der Waals surface area contributed by atoms with Gasteiger partial charge in [-0.2, -0.15) is 0 Å². The van der Waals surface area contributed by atoms with Crippen LogP contribution in [0.25, 0.3) is 0 Å². The largest absolute Gasteiger partial charge is 0.395 e. The van der Waals surface area contributed by atoms with E-state index in [-0.39, 0.29) is 45.5 Å². The molecule has 2 fully saturated rings. The monoisotopic (exact) mass is 350 g/mol. The minimum atomic E-state index is -1.75. The van der Waals surface area contributed by atoms with Crippen LogP contribution in [0.3, 0.4) is 0 Å². The van der Waals surface area contributed by atoms with Gasteiger partial charge in [0.2, 0.25) is 5.91 Å². The number of aliphatic hydroxyl groups excluding tert-OH is 1. The lowest BCUT2D eigenvalue weighted by Crippen LogP contribution is -2.48. The highest BCUT2D eigenvalue weighted by Gasteiger charge is 2.54. The summed E-state index contributed by atoms with van der Waals surface area (Å²) in [5, 5.41) is 22.7. The Hall–Kier alpha value is -1.99. The topological polar surface area (TPSA) is 89.9 Å². The SMILES string of the molecule is O=C(NCC1(O)CCN(C(=O)C2(F)CC2)C1)C(CO)c1ccccc1. The zero-order valence-electron chi connectivity index (χ0n) is 13.9. The molecule has 2 atom stereocenters. The predicted octanol–water partition coefficient (Wildman–Crippen LogP) is 0.344. The molecule has 2 unspecified atom stereocenters. The van der Waals surface area contributed by atoms with Gasteiger partial charge in [-0.3, -0.25) is 9.59 Å². The van der Waals surface area contributed by atoms with Crippen LogP contribution >= 0.6 is 0 Å². The van der Waals surface area contributed by atoms with Crippen LogP contribution in [0.4, 0.5) is 4.39 Å². The summed E-state index contributed by atoms with van der Waals surface area (Å²) >= 11 is 0. The number of hydrogen-bond acceptors (Lipinski definition) is 4. The number of aliphatic hydroxyl groups is 2. The van der Waals surface area contributed by atoms with Crippen LogP contribution < -0.4 is 5.32 Å². The molecule has 0 bridgehead atoms. The Morgan fingerprint density at radius 3 is 2.52 bits per heavy atom. The highest BCUT2D eigenvalue weighted by atomic mass is 19.1. The second-order valence-corrected chi connectivity index (χ2v) is 7.03. The molecule has 1 saturated carbocycles. The molecule has 6 nitrogen and oxygen atoms in total. The van der Waals surface area contributed by atoms with Gasteiger partial charge in [0.1, 0.15) is 5.60 Å². The first-order chi connectivity index (χ1) is 11.9. The van der Waals surface area contributed by atoms with Crippen LogP contribution in [0.5, 0.6) is 0 Å². The zero-order valence-corrected chi connectivity index (χ0v) is 13.9. The Bertz CT molecular complexity index is 650. The molecule has 1 heterocycles. The molecule has 3 N–H and O–H groups in total. The average Bonchev–Trinajstić information content (AvgIpc) is 3.25. The first-order valence-corrected chi connectivity index (χ1v) is 8.51. The Kier molecular flexibility index (Phi) is 4.79. The van der Waals surface area contributed by atoms with Crippen LogP contribution in [0.15, 0.2) is 30.3 Å². The second kappa shape index (κ2) is 6.72. The summed E-state index contributed by atoms with van der Waals surface area (Å²) in [4.78, 5) is 25.7. The molecule has 7 heteroatoms. The fourth-order valence-electron chi connectivity index (χ4n) is 3.18. The number of hydrogen-bond donors (Lipinski definition) is 3. The van der Waals surface area contributed by atoms with E-state index < -0.39 is 29.0 Å². The van der Waals surface area contributed by atoms with Gasteiger partial charge in [-0.1, -0.05) is 30.3 Å². The summed E-state index contributed by atoms with van der Waals surface area (Å²) in [7, 11) is 0. The maximum absolute atomic E-state index is 13.9. The van der Waals surface area contributed by atoms with E-state index in [4.69, 9.17) is 0 Å². The average molecular weight is 350 g/mol. The van der Waals surface area contributed by atoms with E-state index in [1.54, 1.807) is 24.3 Å². The van der Waals surface area contributed by atoms with Crippen LogP contribution in [-0.2, 0) is 9.59 Å². The molecule has 1 saturated heterocycles. The van der Waals surface area contributed by atoms with E-state index in [1.165, 1.54) is 4.90 Å². The lowest BCUT2D eigenvalue weighted by Gasteiger charge is -2.25. The zero-order chi connectivity index (χ0) is 18.1. The lowest BCUT2D eigenvalue weighted by molar-refractivity contribution is -0.138. The maximum Gasteiger partial charge on any atom is 0.260 e. The summed E-state index contributed by atoms with van der Waals surface area (Å²) in [5.41, 5.74) is -2.33. The van der Waals surface area contributed by atoms with Crippen molar-refractivity contribution in [3.8, 4) is 0 Å². The Labute approximate surface area is 145 Å². The van der Waals surface area contributed by atoms with Crippen molar-refractivity contribution < 1.29 is 24.2 Å². The first-order valence-electron chi connectivity index (χ1n) is 8.51. The summed E-state index contributed by atoms with van der Waals surface area (Å²) < 4.78 is 13.9.